The molecule has 0 saturated heterocycles. The van der Waals surface area contributed by atoms with Crippen molar-refractivity contribution in [2.75, 3.05) is 27.4 Å². The van der Waals surface area contributed by atoms with Gasteiger partial charge in [0.1, 0.15) is 5.75 Å². The van der Waals surface area contributed by atoms with E-state index in [2.05, 4.69) is 23.5 Å². The Balaban J connectivity index is 0.000000612. The van der Waals surface area contributed by atoms with Gasteiger partial charge in [0.25, 0.3) is 0 Å². The predicted molar refractivity (Wildman–Crippen MR) is 108 cm³/mol. The summed E-state index contributed by atoms with van der Waals surface area (Å²) in [5, 5.41) is 18.2. The fraction of sp³-hybridized carbons (Fsp3) is 0.333. The van der Waals surface area contributed by atoms with Gasteiger partial charge in [-0.2, -0.15) is 0 Å². The zero-order valence-electron chi connectivity index (χ0n) is 16.8. The maximum atomic E-state index is 9.10. The maximum absolute atomic E-state index is 9.10. The Morgan fingerprint density at radius 1 is 0.931 bits per heavy atom. The van der Waals surface area contributed by atoms with Crippen molar-refractivity contribution in [3.8, 4) is 17.2 Å². The highest BCUT2D eigenvalue weighted by atomic mass is 16.5. The van der Waals surface area contributed by atoms with Gasteiger partial charge in [-0.1, -0.05) is 18.2 Å². The Hall–Kier alpha value is -3.26. The molecule has 8 heteroatoms. The van der Waals surface area contributed by atoms with E-state index in [1.165, 1.54) is 11.1 Å². The first kappa shape index (κ1) is 23.8. The molecule has 0 aromatic heterocycles. The molecule has 0 amide bonds. The largest absolute Gasteiger partial charge is 0.497 e. The normalized spacial score (nSPS) is 9.76. The highest BCUT2D eigenvalue weighted by Crippen LogP contribution is 2.27. The van der Waals surface area contributed by atoms with E-state index in [9.17, 15) is 0 Å². The molecule has 3 N–H and O–H groups in total. The number of carboxylic acids is 2. The zero-order valence-corrected chi connectivity index (χ0v) is 16.8. The van der Waals surface area contributed by atoms with E-state index in [-0.39, 0.29) is 0 Å². The average molecular weight is 405 g/mol. The molecule has 0 aliphatic rings. The molecule has 0 heterocycles. The summed E-state index contributed by atoms with van der Waals surface area (Å²) in [6, 6.07) is 14.2. The molecule has 0 spiro atoms. The summed E-state index contributed by atoms with van der Waals surface area (Å²) < 4.78 is 16.1. The first-order chi connectivity index (χ1) is 13.9. The molecule has 0 radical (unpaired) electrons. The summed E-state index contributed by atoms with van der Waals surface area (Å²) in [4.78, 5) is 18.2. The molecule has 0 unspecified atom stereocenters. The lowest BCUT2D eigenvalue weighted by atomic mass is 10.1. The minimum absolute atomic E-state index is 0.628. The van der Waals surface area contributed by atoms with Crippen molar-refractivity contribution in [2.24, 2.45) is 0 Å². The summed E-state index contributed by atoms with van der Waals surface area (Å²) in [5.41, 5.74) is 2.45. The molecular formula is C21H27NO7. The van der Waals surface area contributed by atoms with Gasteiger partial charge < -0.3 is 29.7 Å². The van der Waals surface area contributed by atoms with Crippen molar-refractivity contribution in [1.82, 2.24) is 5.32 Å². The molecule has 2 aromatic rings. The number of aliphatic carboxylic acids is 2. The number of hydrogen-bond donors (Lipinski definition) is 3. The molecule has 0 bridgehead atoms. The number of nitrogens with one attached hydrogen (secondary N) is 1. The second-order valence-corrected chi connectivity index (χ2v) is 5.81. The number of benzene rings is 2. The smallest absolute Gasteiger partial charge is 0.414 e. The van der Waals surface area contributed by atoms with Crippen LogP contribution in [-0.2, 0) is 22.6 Å². The first-order valence-electron chi connectivity index (χ1n) is 9.00. The van der Waals surface area contributed by atoms with E-state index in [4.69, 9.17) is 34.0 Å². The van der Waals surface area contributed by atoms with Crippen LogP contribution in [0.4, 0.5) is 0 Å². The Morgan fingerprint density at radius 2 is 1.66 bits per heavy atom. The van der Waals surface area contributed by atoms with E-state index in [0.717, 1.165) is 36.8 Å². The van der Waals surface area contributed by atoms with Crippen molar-refractivity contribution < 1.29 is 34.0 Å². The van der Waals surface area contributed by atoms with Gasteiger partial charge in [0.05, 0.1) is 20.8 Å². The summed E-state index contributed by atoms with van der Waals surface area (Å²) in [6.45, 7) is 4.30. The molecule has 8 nitrogen and oxygen atoms in total. The Labute approximate surface area is 170 Å². The first-order valence-corrected chi connectivity index (χ1v) is 9.00. The lowest BCUT2D eigenvalue weighted by Gasteiger charge is -2.12. The fourth-order valence-electron chi connectivity index (χ4n) is 2.39. The van der Waals surface area contributed by atoms with E-state index in [1.807, 2.05) is 31.2 Å². The van der Waals surface area contributed by atoms with E-state index >= 15 is 0 Å². The number of carboxylic acid groups (broad SMARTS) is 2. The van der Waals surface area contributed by atoms with Crippen LogP contribution in [0.1, 0.15) is 18.1 Å². The van der Waals surface area contributed by atoms with Gasteiger partial charge in [-0.15, -0.1) is 0 Å². The highest BCUT2D eigenvalue weighted by molar-refractivity contribution is 6.27. The van der Waals surface area contributed by atoms with Crippen LogP contribution in [0.15, 0.2) is 42.5 Å². The zero-order chi connectivity index (χ0) is 21.6. The van der Waals surface area contributed by atoms with Crippen LogP contribution in [0, 0.1) is 0 Å². The van der Waals surface area contributed by atoms with Crippen LogP contribution in [0.5, 0.6) is 17.2 Å². The van der Waals surface area contributed by atoms with Crippen LogP contribution < -0.4 is 19.5 Å². The molecule has 2 rings (SSSR count). The fourth-order valence-corrected chi connectivity index (χ4v) is 2.39. The third kappa shape index (κ3) is 8.98. The standard InChI is InChI=1S/C19H25NO3.C2H2O4/c1-4-23-19-13-16(8-9-18(19)22-3)14-20-11-10-15-6-5-7-17(12-15)21-2;3-1(4)2(5)6/h5-9,12-13,20H,4,10-11,14H2,1-3H3;(H,3,4)(H,5,6). The van der Waals surface area contributed by atoms with Crippen LogP contribution in [-0.4, -0.2) is 49.5 Å². The van der Waals surface area contributed by atoms with Gasteiger partial charge in [0.15, 0.2) is 11.5 Å². The SMILES string of the molecule is CCOc1cc(CNCCc2cccc(OC)c2)ccc1OC.O=C(O)C(=O)O. The number of methoxy groups -OCH3 is 2. The third-order valence-corrected chi connectivity index (χ3v) is 3.76. The van der Waals surface area contributed by atoms with E-state index < -0.39 is 11.9 Å². The molecule has 0 fully saturated rings. The average Bonchev–Trinajstić information content (AvgIpc) is 2.72. The molecule has 0 aliphatic carbocycles. The van der Waals surface area contributed by atoms with Gasteiger partial charge >= 0.3 is 11.9 Å². The predicted octanol–water partition coefficient (Wildman–Crippen LogP) is 2.59. The number of hydrogen-bond acceptors (Lipinski definition) is 6. The van der Waals surface area contributed by atoms with Crippen molar-refractivity contribution in [2.45, 2.75) is 19.9 Å². The minimum atomic E-state index is -1.82. The summed E-state index contributed by atoms with van der Waals surface area (Å²) in [5.74, 6) is -1.18. The van der Waals surface area contributed by atoms with Crippen molar-refractivity contribution in [3.63, 3.8) is 0 Å². The highest BCUT2D eigenvalue weighted by Gasteiger charge is 2.05. The van der Waals surface area contributed by atoms with E-state index in [1.54, 1.807) is 14.2 Å². The molecule has 0 atom stereocenters. The van der Waals surface area contributed by atoms with Gasteiger partial charge in [-0.05, 0) is 55.3 Å². The maximum Gasteiger partial charge on any atom is 0.414 e. The van der Waals surface area contributed by atoms with E-state index in [0.29, 0.717) is 6.61 Å². The molecule has 2 aromatic carbocycles. The van der Waals surface area contributed by atoms with Gasteiger partial charge in [-0.25, -0.2) is 9.59 Å². The Kier molecular flexibility index (Phi) is 10.7. The second kappa shape index (κ2) is 13.0. The molecule has 0 saturated carbocycles. The topological polar surface area (TPSA) is 114 Å². The molecular weight excluding hydrogens is 378 g/mol. The van der Waals surface area contributed by atoms with Gasteiger partial charge in [-0.3, -0.25) is 0 Å². The number of rotatable bonds is 9. The van der Waals surface area contributed by atoms with Crippen molar-refractivity contribution in [1.29, 1.82) is 0 Å². The number of carbonyl (C=O) groups is 2. The van der Waals surface area contributed by atoms with Crippen LogP contribution >= 0.6 is 0 Å². The molecule has 158 valence electrons. The molecule has 0 aliphatic heterocycles. The summed E-state index contributed by atoms with van der Waals surface area (Å²) >= 11 is 0. The Morgan fingerprint density at radius 3 is 2.24 bits per heavy atom. The summed E-state index contributed by atoms with van der Waals surface area (Å²) in [7, 11) is 3.35. The lowest BCUT2D eigenvalue weighted by molar-refractivity contribution is -0.159. The van der Waals surface area contributed by atoms with Crippen LogP contribution in [0.25, 0.3) is 0 Å². The quantitative estimate of drug-likeness (QED) is 0.431. The monoisotopic (exact) mass is 405 g/mol. The second-order valence-electron chi connectivity index (χ2n) is 5.81. The lowest BCUT2D eigenvalue weighted by Crippen LogP contribution is -2.16. The van der Waals surface area contributed by atoms with Crippen molar-refractivity contribution >= 4 is 11.9 Å². The third-order valence-electron chi connectivity index (χ3n) is 3.76. The van der Waals surface area contributed by atoms with Gasteiger partial charge in [0.2, 0.25) is 0 Å². The van der Waals surface area contributed by atoms with Crippen molar-refractivity contribution in [3.05, 3.63) is 53.6 Å². The van der Waals surface area contributed by atoms with Gasteiger partial charge in [0, 0.05) is 6.54 Å². The Bertz CT molecular complexity index is 780. The van der Waals surface area contributed by atoms with Crippen LogP contribution in [0.2, 0.25) is 0 Å². The molecule has 29 heavy (non-hydrogen) atoms. The summed E-state index contributed by atoms with van der Waals surface area (Å²) in [6.07, 6.45) is 0.964. The number of ether oxygens (including phenoxy) is 3. The van der Waals surface area contributed by atoms with Crippen LogP contribution in [0.3, 0.4) is 0 Å². The minimum Gasteiger partial charge on any atom is -0.497 e.